The van der Waals surface area contributed by atoms with Crippen LogP contribution in [0.15, 0.2) is 47.2 Å². The molecule has 0 atom stereocenters. The first-order valence-corrected chi connectivity index (χ1v) is 7.25. The van der Waals surface area contributed by atoms with Gasteiger partial charge in [0, 0.05) is 42.4 Å². The van der Waals surface area contributed by atoms with Gasteiger partial charge in [0.05, 0.1) is 11.2 Å². The van der Waals surface area contributed by atoms with Crippen molar-refractivity contribution >= 4 is 26.8 Å². The highest BCUT2D eigenvalue weighted by atomic mass is 79.9. The van der Waals surface area contributed by atoms with E-state index in [1.54, 1.807) is 0 Å². The second kappa shape index (κ2) is 5.73. The Bertz CT molecular complexity index is 736. The zero-order valence-corrected chi connectivity index (χ0v) is 12.8. The summed E-state index contributed by atoms with van der Waals surface area (Å²) in [6.45, 7) is 1.58. The first-order chi connectivity index (χ1) is 9.75. The van der Waals surface area contributed by atoms with Crippen LogP contribution in [-0.4, -0.2) is 14.8 Å². The molecule has 20 heavy (non-hydrogen) atoms. The summed E-state index contributed by atoms with van der Waals surface area (Å²) in [5.41, 5.74) is 3.41. The molecule has 3 rings (SSSR count). The minimum absolute atomic E-state index is 0.784. The average Bonchev–Trinajstić information content (AvgIpc) is 2.87. The second-order valence-corrected chi connectivity index (χ2v) is 5.51. The van der Waals surface area contributed by atoms with Crippen LogP contribution in [0.1, 0.15) is 11.3 Å². The molecule has 0 amide bonds. The van der Waals surface area contributed by atoms with E-state index >= 15 is 0 Å². The molecular formula is C15H15BrN4. The van der Waals surface area contributed by atoms with E-state index in [4.69, 9.17) is 0 Å². The number of fused-ring (bicyclic) bond motifs is 1. The monoisotopic (exact) mass is 330 g/mol. The molecule has 1 aromatic carbocycles. The van der Waals surface area contributed by atoms with Crippen LogP contribution in [0.5, 0.6) is 0 Å². The minimum Gasteiger partial charge on any atom is -0.307 e. The number of benzene rings is 1. The summed E-state index contributed by atoms with van der Waals surface area (Å²) < 4.78 is 2.96. The summed E-state index contributed by atoms with van der Waals surface area (Å²) in [5.74, 6) is 0. The molecule has 0 bridgehead atoms. The maximum absolute atomic E-state index is 4.49. The quantitative estimate of drug-likeness (QED) is 0.799. The lowest BCUT2D eigenvalue weighted by Gasteiger charge is -2.09. The van der Waals surface area contributed by atoms with Gasteiger partial charge in [-0.05, 0) is 23.8 Å². The van der Waals surface area contributed by atoms with Crippen molar-refractivity contribution in [1.29, 1.82) is 0 Å². The third-order valence-electron chi connectivity index (χ3n) is 3.34. The summed E-state index contributed by atoms with van der Waals surface area (Å²) in [6.07, 6.45) is 3.65. The predicted octanol–water partition coefficient (Wildman–Crippen LogP) is 3.02. The maximum Gasteiger partial charge on any atom is 0.0758 e. The van der Waals surface area contributed by atoms with Gasteiger partial charge in [-0.25, -0.2) is 0 Å². The van der Waals surface area contributed by atoms with Gasteiger partial charge in [-0.3, -0.25) is 9.67 Å². The number of nitrogens with one attached hydrogen (secondary N) is 1. The van der Waals surface area contributed by atoms with Gasteiger partial charge in [-0.2, -0.15) is 5.10 Å². The molecule has 0 aliphatic rings. The zero-order valence-electron chi connectivity index (χ0n) is 11.2. The van der Waals surface area contributed by atoms with Crippen LogP contribution in [0.25, 0.3) is 10.9 Å². The third kappa shape index (κ3) is 2.59. The van der Waals surface area contributed by atoms with Crippen LogP contribution < -0.4 is 5.32 Å². The fourth-order valence-electron chi connectivity index (χ4n) is 2.24. The first-order valence-electron chi connectivity index (χ1n) is 6.45. The molecule has 1 N–H and O–H groups in total. The SMILES string of the molecule is Cn1nccc1CNCc1ccc(Br)c2cccnc12. The highest BCUT2D eigenvalue weighted by molar-refractivity contribution is 9.10. The molecule has 3 aromatic rings. The largest absolute Gasteiger partial charge is 0.307 e. The van der Waals surface area contributed by atoms with Crippen molar-refractivity contribution in [2.75, 3.05) is 0 Å². The Hall–Kier alpha value is -1.72. The smallest absolute Gasteiger partial charge is 0.0758 e. The van der Waals surface area contributed by atoms with Gasteiger partial charge in [0.2, 0.25) is 0 Å². The van der Waals surface area contributed by atoms with Gasteiger partial charge in [0.15, 0.2) is 0 Å². The van der Waals surface area contributed by atoms with E-state index in [1.807, 2.05) is 36.3 Å². The number of pyridine rings is 1. The topological polar surface area (TPSA) is 42.7 Å². The average molecular weight is 331 g/mol. The summed E-state index contributed by atoms with van der Waals surface area (Å²) in [7, 11) is 1.95. The van der Waals surface area contributed by atoms with Gasteiger partial charge >= 0.3 is 0 Å². The van der Waals surface area contributed by atoms with Crippen LogP contribution >= 0.6 is 15.9 Å². The van der Waals surface area contributed by atoms with Crippen LogP contribution in [0.4, 0.5) is 0 Å². The van der Waals surface area contributed by atoms with E-state index in [1.165, 1.54) is 11.3 Å². The lowest BCUT2D eigenvalue weighted by atomic mass is 10.1. The molecule has 5 heteroatoms. The van der Waals surface area contributed by atoms with Crippen molar-refractivity contribution in [3.8, 4) is 0 Å². The van der Waals surface area contributed by atoms with Crippen LogP contribution in [0, 0.1) is 0 Å². The van der Waals surface area contributed by atoms with Crippen LogP contribution in [0.3, 0.4) is 0 Å². The van der Waals surface area contributed by atoms with Crippen molar-refractivity contribution in [3.05, 3.63) is 58.5 Å². The van der Waals surface area contributed by atoms with Crippen LogP contribution in [-0.2, 0) is 20.1 Å². The van der Waals surface area contributed by atoms with Crippen LogP contribution in [0.2, 0.25) is 0 Å². The summed E-state index contributed by atoms with van der Waals surface area (Å²) in [6, 6.07) is 10.2. The van der Waals surface area contributed by atoms with E-state index in [9.17, 15) is 0 Å². The molecule has 0 aliphatic heterocycles. The summed E-state index contributed by atoms with van der Waals surface area (Å²) in [4.78, 5) is 4.49. The molecule has 2 heterocycles. The molecule has 2 aromatic heterocycles. The number of nitrogens with zero attached hydrogens (tertiary/aromatic N) is 3. The summed E-state index contributed by atoms with van der Waals surface area (Å²) >= 11 is 3.57. The first kappa shape index (κ1) is 13.3. The summed E-state index contributed by atoms with van der Waals surface area (Å²) in [5, 5.41) is 8.75. The maximum atomic E-state index is 4.49. The molecule has 102 valence electrons. The Kier molecular flexibility index (Phi) is 3.80. The third-order valence-corrected chi connectivity index (χ3v) is 4.04. The lowest BCUT2D eigenvalue weighted by Crippen LogP contribution is -2.15. The highest BCUT2D eigenvalue weighted by Gasteiger charge is 2.05. The van der Waals surface area contributed by atoms with Crippen molar-refractivity contribution in [2.24, 2.45) is 7.05 Å². The van der Waals surface area contributed by atoms with Crippen molar-refractivity contribution in [2.45, 2.75) is 13.1 Å². The number of aryl methyl sites for hydroxylation is 1. The molecule has 0 aliphatic carbocycles. The van der Waals surface area contributed by atoms with Gasteiger partial charge in [0.1, 0.15) is 0 Å². The zero-order chi connectivity index (χ0) is 13.9. The fourth-order valence-corrected chi connectivity index (χ4v) is 2.69. The number of rotatable bonds is 4. The second-order valence-electron chi connectivity index (χ2n) is 4.66. The van der Waals surface area contributed by atoms with Crippen molar-refractivity contribution in [3.63, 3.8) is 0 Å². The van der Waals surface area contributed by atoms with E-state index < -0.39 is 0 Å². The number of hydrogen-bond donors (Lipinski definition) is 1. The van der Waals surface area contributed by atoms with Gasteiger partial charge in [-0.15, -0.1) is 0 Å². The molecule has 0 saturated heterocycles. The van der Waals surface area contributed by atoms with Crippen molar-refractivity contribution < 1.29 is 0 Å². The Morgan fingerprint density at radius 3 is 2.85 bits per heavy atom. The predicted molar refractivity (Wildman–Crippen MR) is 83.2 cm³/mol. The molecule has 0 fully saturated rings. The van der Waals surface area contributed by atoms with E-state index in [2.05, 4.69) is 49.5 Å². The molecule has 0 saturated carbocycles. The molecule has 4 nitrogen and oxygen atoms in total. The van der Waals surface area contributed by atoms with E-state index in [-0.39, 0.29) is 0 Å². The number of halogens is 1. The standard InChI is InChI=1S/C15H15BrN4/c1-20-12(6-8-19-20)10-17-9-11-4-5-14(16)13-3-2-7-18-15(11)13/h2-8,17H,9-10H2,1H3. The normalized spacial score (nSPS) is 11.1. The molecule has 0 spiro atoms. The Morgan fingerprint density at radius 2 is 2.05 bits per heavy atom. The van der Waals surface area contributed by atoms with E-state index in [0.717, 1.165) is 28.5 Å². The number of aromatic nitrogens is 3. The van der Waals surface area contributed by atoms with Crippen molar-refractivity contribution in [1.82, 2.24) is 20.1 Å². The minimum atomic E-state index is 0.784. The van der Waals surface area contributed by atoms with Gasteiger partial charge in [0.25, 0.3) is 0 Å². The molecular weight excluding hydrogens is 316 g/mol. The Balaban J connectivity index is 1.78. The lowest BCUT2D eigenvalue weighted by molar-refractivity contribution is 0.627. The Labute approximate surface area is 126 Å². The van der Waals surface area contributed by atoms with Gasteiger partial charge < -0.3 is 5.32 Å². The highest BCUT2D eigenvalue weighted by Crippen LogP contribution is 2.25. The van der Waals surface area contributed by atoms with Gasteiger partial charge in [-0.1, -0.05) is 28.1 Å². The number of hydrogen-bond acceptors (Lipinski definition) is 3. The van der Waals surface area contributed by atoms with E-state index in [0.29, 0.717) is 0 Å². The molecule has 0 radical (unpaired) electrons. The Morgan fingerprint density at radius 1 is 1.15 bits per heavy atom. The fraction of sp³-hybridized carbons (Fsp3) is 0.200. The molecule has 0 unspecified atom stereocenters.